The Kier molecular flexibility index (Phi) is 6.69. The van der Waals surface area contributed by atoms with Gasteiger partial charge in [0.2, 0.25) is 0 Å². The smallest absolute Gasteiger partial charge is 0.341 e. The largest absolute Gasteiger partial charge is 0.480 e. The van der Waals surface area contributed by atoms with Crippen molar-refractivity contribution in [3.63, 3.8) is 0 Å². The van der Waals surface area contributed by atoms with E-state index in [0.717, 1.165) is 16.7 Å². The van der Waals surface area contributed by atoms with Gasteiger partial charge in [-0.2, -0.15) is 0 Å². The number of anilines is 1. The maximum absolute atomic E-state index is 12.7. The van der Waals surface area contributed by atoms with Crippen molar-refractivity contribution >= 4 is 90.8 Å². The van der Waals surface area contributed by atoms with Gasteiger partial charge in [-0.25, -0.2) is 9.69 Å². The summed E-state index contributed by atoms with van der Waals surface area (Å²) in [6.45, 7) is -0.464. The minimum Gasteiger partial charge on any atom is -0.480 e. The third-order valence-electron chi connectivity index (χ3n) is 3.54. The number of amides is 2. The van der Waals surface area contributed by atoms with E-state index in [-0.39, 0.29) is 4.91 Å². The molecule has 0 radical (unpaired) electrons. The van der Waals surface area contributed by atoms with Gasteiger partial charge in [0, 0.05) is 5.02 Å². The van der Waals surface area contributed by atoms with Gasteiger partial charge in [0.1, 0.15) is 5.75 Å². The number of nitrogens with zero attached hydrogens (tertiary/aromatic N) is 1. The molecule has 0 saturated carbocycles. The number of halogens is 3. The molecule has 10 heteroatoms. The van der Waals surface area contributed by atoms with E-state index in [4.69, 9.17) is 21.4 Å². The summed E-state index contributed by atoms with van der Waals surface area (Å²) in [5.74, 6) is -1.10. The lowest BCUT2D eigenvalue weighted by Crippen LogP contribution is -2.27. The van der Waals surface area contributed by atoms with E-state index in [2.05, 4.69) is 15.9 Å². The number of carboxylic acids is 1. The Morgan fingerprint density at radius 1 is 1.29 bits per heavy atom. The number of ether oxygens (including phenoxy) is 1. The molecule has 144 valence electrons. The zero-order valence-electron chi connectivity index (χ0n) is 13.8. The molecular formula is C18H10BrClINO5S. The summed E-state index contributed by atoms with van der Waals surface area (Å²) in [6.07, 6.45) is 1.61. The summed E-state index contributed by atoms with van der Waals surface area (Å²) in [7, 11) is 0. The van der Waals surface area contributed by atoms with Crippen molar-refractivity contribution in [3.05, 3.63) is 59.9 Å². The normalized spacial score (nSPS) is 15.4. The topological polar surface area (TPSA) is 83.9 Å². The lowest BCUT2D eigenvalue weighted by Gasteiger charge is -2.12. The van der Waals surface area contributed by atoms with Crippen LogP contribution in [0, 0.1) is 3.57 Å². The van der Waals surface area contributed by atoms with E-state index in [1.807, 2.05) is 22.6 Å². The fourth-order valence-corrected chi connectivity index (χ4v) is 5.10. The molecule has 1 fully saturated rings. The van der Waals surface area contributed by atoms with Crippen LogP contribution >= 0.6 is 61.9 Å². The Morgan fingerprint density at radius 3 is 2.57 bits per heavy atom. The number of carbonyl (C=O) groups is 3. The van der Waals surface area contributed by atoms with Crippen molar-refractivity contribution in [3.8, 4) is 5.75 Å². The molecule has 1 aliphatic rings. The molecule has 0 atom stereocenters. The van der Waals surface area contributed by atoms with Gasteiger partial charge >= 0.3 is 5.97 Å². The average molecular weight is 595 g/mol. The number of hydrogen-bond donors (Lipinski definition) is 1. The number of aliphatic carboxylic acids is 1. The van der Waals surface area contributed by atoms with E-state index in [9.17, 15) is 14.4 Å². The number of imide groups is 1. The number of carbonyl (C=O) groups excluding carboxylic acids is 2. The SMILES string of the molecule is O=C(O)COc1c(Br)cc(/C=C2/SC(=O)N(c3ccc(Cl)cc3)C2=O)cc1I. The minimum absolute atomic E-state index is 0.279. The van der Waals surface area contributed by atoms with E-state index in [0.29, 0.717) is 30.1 Å². The third-order valence-corrected chi connectivity index (χ3v) is 6.05. The molecule has 2 amide bonds. The highest BCUT2D eigenvalue weighted by Gasteiger charge is 2.36. The molecule has 3 rings (SSSR count). The van der Waals surface area contributed by atoms with Crippen LogP contribution in [0.15, 0.2) is 45.8 Å². The van der Waals surface area contributed by atoms with Crippen LogP contribution in [0.3, 0.4) is 0 Å². The molecule has 1 saturated heterocycles. The van der Waals surface area contributed by atoms with Gasteiger partial charge in [-0.15, -0.1) is 0 Å². The second kappa shape index (κ2) is 8.85. The van der Waals surface area contributed by atoms with Gasteiger partial charge in [-0.05, 0) is 98.3 Å². The summed E-state index contributed by atoms with van der Waals surface area (Å²) in [4.78, 5) is 37.1. The fourth-order valence-electron chi connectivity index (χ4n) is 2.37. The van der Waals surface area contributed by atoms with Crippen LogP contribution in [0.4, 0.5) is 10.5 Å². The maximum Gasteiger partial charge on any atom is 0.341 e. The highest BCUT2D eigenvalue weighted by Crippen LogP contribution is 2.38. The Labute approximate surface area is 191 Å². The zero-order chi connectivity index (χ0) is 20.4. The maximum atomic E-state index is 12.7. The molecule has 2 aromatic carbocycles. The first kappa shape index (κ1) is 21.2. The van der Waals surface area contributed by atoms with Crippen LogP contribution in [0.5, 0.6) is 5.75 Å². The van der Waals surface area contributed by atoms with E-state index in [1.54, 1.807) is 42.5 Å². The lowest BCUT2D eigenvalue weighted by molar-refractivity contribution is -0.139. The van der Waals surface area contributed by atoms with E-state index < -0.39 is 23.7 Å². The Morgan fingerprint density at radius 2 is 1.96 bits per heavy atom. The molecule has 0 spiro atoms. The Balaban J connectivity index is 1.87. The molecule has 0 aliphatic carbocycles. The van der Waals surface area contributed by atoms with Crippen LogP contribution in [0.2, 0.25) is 5.02 Å². The van der Waals surface area contributed by atoms with Gasteiger partial charge in [0.05, 0.1) is 18.6 Å². The number of thioether (sulfide) groups is 1. The van der Waals surface area contributed by atoms with Gasteiger partial charge < -0.3 is 9.84 Å². The molecule has 0 bridgehead atoms. The molecule has 2 aromatic rings. The average Bonchev–Trinajstić information content (AvgIpc) is 2.88. The van der Waals surface area contributed by atoms with Crippen molar-refractivity contribution < 1.29 is 24.2 Å². The van der Waals surface area contributed by atoms with E-state index >= 15 is 0 Å². The summed E-state index contributed by atoms with van der Waals surface area (Å²) < 4.78 is 6.47. The summed E-state index contributed by atoms with van der Waals surface area (Å²) in [5.41, 5.74) is 1.11. The molecule has 1 N–H and O–H groups in total. The second-order valence-electron chi connectivity index (χ2n) is 5.49. The van der Waals surface area contributed by atoms with Gasteiger partial charge in [0.15, 0.2) is 6.61 Å². The minimum atomic E-state index is -1.08. The summed E-state index contributed by atoms with van der Waals surface area (Å²) in [5, 5.41) is 8.87. The highest BCUT2D eigenvalue weighted by atomic mass is 127. The number of hydrogen-bond acceptors (Lipinski definition) is 5. The number of carboxylic acid groups (broad SMARTS) is 1. The fraction of sp³-hybridized carbons (Fsp3) is 0.0556. The number of benzene rings is 2. The van der Waals surface area contributed by atoms with Crippen molar-refractivity contribution in [1.82, 2.24) is 0 Å². The Hall–Kier alpha value is -1.56. The van der Waals surface area contributed by atoms with E-state index in [1.165, 1.54) is 0 Å². The van der Waals surface area contributed by atoms with Crippen molar-refractivity contribution in [1.29, 1.82) is 0 Å². The molecule has 1 heterocycles. The van der Waals surface area contributed by atoms with Gasteiger partial charge in [-0.1, -0.05) is 11.6 Å². The van der Waals surface area contributed by atoms with Crippen LogP contribution in [-0.4, -0.2) is 28.8 Å². The zero-order valence-corrected chi connectivity index (χ0v) is 19.1. The Bertz CT molecular complexity index is 989. The standard InChI is InChI=1S/C18H10BrClINO5S/c19-12-5-9(6-13(21)16(12)27-8-15(23)24)7-14-17(25)22(18(26)28-14)11-3-1-10(20)2-4-11/h1-7H,8H2,(H,23,24)/b14-7+. The van der Waals surface area contributed by atoms with Crippen molar-refractivity contribution in [2.45, 2.75) is 0 Å². The number of rotatable bonds is 5. The lowest BCUT2D eigenvalue weighted by atomic mass is 10.2. The molecule has 1 aliphatic heterocycles. The van der Waals surface area contributed by atoms with Crippen LogP contribution in [-0.2, 0) is 9.59 Å². The first-order chi connectivity index (χ1) is 13.3. The second-order valence-corrected chi connectivity index (χ2v) is 8.94. The molecule has 28 heavy (non-hydrogen) atoms. The monoisotopic (exact) mass is 593 g/mol. The van der Waals surface area contributed by atoms with Crippen LogP contribution in [0.1, 0.15) is 5.56 Å². The van der Waals surface area contributed by atoms with Crippen molar-refractivity contribution in [2.24, 2.45) is 0 Å². The van der Waals surface area contributed by atoms with Crippen molar-refractivity contribution in [2.75, 3.05) is 11.5 Å². The molecule has 0 aromatic heterocycles. The molecular weight excluding hydrogens is 585 g/mol. The van der Waals surface area contributed by atoms with Crippen LogP contribution in [0.25, 0.3) is 6.08 Å². The first-order valence-electron chi connectivity index (χ1n) is 7.63. The highest BCUT2D eigenvalue weighted by molar-refractivity contribution is 14.1. The summed E-state index contributed by atoms with van der Waals surface area (Å²) >= 11 is 12.1. The molecule has 6 nitrogen and oxygen atoms in total. The third kappa shape index (κ3) is 4.70. The molecule has 0 unspecified atom stereocenters. The van der Waals surface area contributed by atoms with Crippen LogP contribution < -0.4 is 9.64 Å². The quantitative estimate of drug-likeness (QED) is 0.368. The predicted molar refractivity (Wildman–Crippen MR) is 120 cm³/mol. The summed E-state index contributed by atoms with van der Waals surface area (Å²) in [6, 6.07) is 9.86. The first-order valence-corrected chi connectivity index (χ1v) is 10.7. The van der Waals surface area contributed by atoms with Gasteiger partial charge in [-0.3, -0.25) is 9.59 Å². The van der Waals surface area contributed by atoms with Gasteiger partial charge in [0.25, 0.3) is 11.1 Å². The predicted octanol–water partition coefficient (Wildman–Crippen LogP) is 5.41.